The average molecular weight is 285 g/mol. The molecule has 2 rings (SSSR count). The van der Waals surface area contributed by atoms with Gasteiger partial charge in [0.05, 0.1) is 0 Å². The predicted molar refractivity (Wildman–Crippen MR) is 85.3 cm³/mol. The summed E-state index contributed by atoms with van der Waals surface area (Å²) in [7, 11) is 0. The van der Waals surface area contributed by atoms with Crippen molar-refractivity contribution in [3.63, 3.8) is 0 Å². The highest BCUT2D eigenvalue weighted by Crippen LogP contribution is 2.28. The Morgan fingerprint density at radius 3 is 2.48 bits per heavy atom. The van der Waals surface area contributed by atoms with E-state index in [9.17, 15) is 5.11 Å². The Labute approximate surface area is 126 Å². The molecule has 2 atom stereocenters. The molecule has 0 aliphatic carbocycles. The zero-order valence-electron chi connectivity index (χ0n) is 12.8. The Kier molecular flexibility index (Phi) is 4.66. The van der Waals surface area contributed by atoms with Crippen LogP contribution in [0.15, 0.2) is 48.5 Å². The van der Waals surface area contributed by atoms with Crippen LogP contribution in [-0.2, 0) is 5.60 Å². The minimum absolute atomic E-state index is 0.110. The summed E-state index contributed by atoms with van der Waals surface area (Å²) in [6.45, 7) is 5.88. The second-order valence-electron chi connectivity index (χ2n) is 5.76. The third-order valence-electron chi connectivity index (χ3n) is 3.56. The highest BCUT2D eigenvalue weighted by atomic mass is 16.5. The zero-order chi connectivity index (χ0) is 15.5. The second-order valence-corrected chi connectivity index (χ2v) is 5.76. The molecule has 21 heavy (non-hydrogen) atoms. The van der Waals surface area contributed by atoms with E-state index in [4.69, 9.17) is 10.5 Å². The SMILES string of the molecule is Cc1ccc(OCC(C)(O)c2ccccc2)c(C(C)N)c1. The lowest BCUT2D eigenvalue weighted by molar-refractivity contribution is 0.00721. The molecule has 0 saturated carbocycles. The van der Waals surface area contributed by atoms with Gasteiger partial charge in [0.15, 0.2) is 0 Å². The van der Waals surface area contributed by atoms with Crippen LogP contribution in [0, 0.1) is 6.92 Å². The monoisotopic (exact) mass is 285 g/mol. The fraction of sp³-hybridized carbons (Fsp3) is 0.333. The number of aliphatic hydroxyl groups is 1. The van der Waals surface area contributed by atoms with Crippen LogP contribution in [0.25, 0.3) is 0 Å². The van der Waals surface area contributed by atoms with Crippen LogP contribution in [-0.4, -0.2) is 11.7 Å². The zero-order valence-corrected chi connectivity index (χ0v) is 12.8. The molecule has 0 spiro atoms. The van der Waals surface area contributed by atoms with Crippen molar-refractivity contribution >= 4 is 0 Å². The molecule has 0 amide bonds. The predicted octanol–water partition coefficient (Wildman–Crippen LogP) is 3.30. The normalized spacial score (nSPS) is 15.3. The highest BCUT2D eigenvalue weighted by molar-refractivity contribution is 5.39. The van der Waals surface area contributed by atoms with Crippen molar-refractivity contribution in [2.24, 2.45) is 5.73 Å². The van der Waals surface area contributed by atoms with Crippen LogP contribution in [0.3, 0.4) is 0 Å². The summed E-state index contributed by atoms with van der Waals surface area (Å²) in [6.07, 6.45) is 0. The number of rotatable bonds is 5. The summed E-state index contributed by atoms with van der Waals surface area (Å²) in [5, 5.41) is 10.6. The van der Waals surface area contributed by atoms with Gasteiger partial charge in [0.1, 0.15) is 18.0 Å². The molecule has 0 fully saturated rings. The summed E-state index contributed by atoms with van der Waals surface area (Å²) in [5.41, 5.74) is 7.88. The van der Waals surface area contributed by atoms with Gasteiger partial charge in [-0.3, -0.25) is 0 Å². The van der Waals surface area contributed by atoms with Crippen LogP contribution in [0.1, 0.15) is 36.6 Å². The number of nitrogens with two attached hydrogens (primary N) is 1. The van der Waals surface area contributed by atoms with E-state index in [0.29, 0.717) is 0 Å². The molecule has 2 aromatic rings. The maximum absolute atomic E-state index is 10.6. The van der Waals surface area contributed by atoms with Crippen molar-refractivity contribution in [3.8, 4) is 5.75 Å². The Bertz CT molecular complexity index is 591. The molecule has 0 saturated heterocycles. The van der Waals surface area contributed by atoms with Gasteiger partial charge in [-0.25, -0.2) is 0 Å². The van der Waals surface area contributed by atoms with Crippen LogP contribution < -0.4 is 10.5 Å². The smallest absolute Gasteiger partial charge is 0.124 e. The molecular formula is C18H23NO2. The average Bonchev–Trinajstić information content (AvgIpc) is 2.47. The van der Waals surface area contributed by atoms with Crippen LogP contribution >= 0.6 is 0 Å². The summed E-state index contributed by atoms with van der Waals surface area (Å²) < 4.78 is 5.84. The topological polar surface area (TPSA) is 55.5 Å². The first-order chi connectivity index (χ1) is 9.90. The van der Waals surface area contributed by atoms with Gasteiger partial charge in [-0.1, -0.05) is 48.0 Å². The molecule has 3 heteroatoms. The number of ether oxygens (including phenoxy) is 1. The number of aryl methyl sites for hydroxylation is 1. The molecule has 0 bridgehead atoms. The lowest BCUT2D eigenvalue weighted by atomic mass is 9.97. The summed E-state index contributed by atoms with van der Waals surface area (Å²) in [6, 6.07) is 15.3. The molecule has 3 N–H and O–H groups in total. The molecular weight excluding hydrogens is 262 g/mol. The molecule has 2 aromatic carbocycles. The summed E-state index contributed by atoms with van der Waals surface area (Å²) >= 11 is 0. The number of benzene rings is 2. The van der Waals surface area contributed by atoms with E-state index < -0.39 is 5.60 Å². The van der Waals surface area contributed by atoms with Crippen molar-refractivity contribution < 1.29 is 9.84 Å². The van der Waals surface area contributed by atoms with E-state index in [1.165, 1.54) is 0 Å². The molecule has 2 unspecified atom stereocenters. The van der Waals surface area contributed by atoms with Crippen molar-refractivity contribution in [1.82, 2.24) is 0 Å². The van der Waals surface area contributed by atoms with E-state index in [-0.39, 0.29) is 12.6 Å². The van der Waals surface area contributed by atoms with Crippen molar-refractivity contribution in [3.05, 3.63) is 65.2 Å². The first-order valence-electron chi connectivity index (χ1n) is 7.17. The number of hydrogen-bond donors (Lipinski definition) is 2. The fourth-order valence-electron chi connectivity index (χ4n) is 2.25. The fourth-order valence-corrected chi connectivity index (χ4v) is 2.25. The lowest BCUT2D eigenvalue weighted by Gasteiger charge is -2.25. The Balaban J connectivity index is 2.16. The van der Waals surface area contributed by atoms with E-state index in [1.54, 1.807) is 6.92 Å². The largest absolute Gasteiger partial charge is 0.490 e. The van der Waals surface area contributed by atoms with Crippen LogP contribution in [0.5, 0.6) is 5.75 Å². The Hall–Kier alpha value is -1.84. The first kappa shape index (κ1) is 15.5. The standard InChI is InChI=1S/C18H23NO2/c1-13-9-10-17(16(11-13)14(2)19)21-12-18(3,20)15-7-5-4-6-8-15/h4-11,14,20H,12,19H2,1-3H3. The van der Waals surface area contributed by atoms with Crippen molar-refractivity contribution in [1.29, 1.82) is 0 Å². The van der Waals surface area contributed by atoms with E-state index in [2.05, 4.69) is 0 Å². The molecule has 0 heterocycles. The Morgan fingerprint density at radius 1 is 1.19 bits per heavy atom. The van der Waals surface area contributed by atoms with Gasteiger partial charge in [-0.2, -0.15) is 0 Å². The van der Waals surface area contributed by atoms with E-state index in [0.717, 1.165) is 22.4 Å². The third-order valence-corrected chi connectivity index (χ3v) is 3.56. The second kappa shape index (κ2) is 6.29. The van der Waals surface area contributed by atoms with Gasteiger partial charge < -0.3 is 15.6 Å². The quantitative estimate of drug-likeness (QED) is 0.886. The molecule has 0 aromatic heterocycles. The maximum Gasteiger partial charge on any atom is 0.124 e. The van der Waals surface area contributed by atoms with Gasteiger partial charge in [0.25, 0.3) is 0 Å². The molecule has 112 valence electrons. The Morgan fingerprint density at radius 2 is 1.86 bits per heavy atom. The van der Waals surface area contributed by atoms with Gasteiger partial charge in [-0.05, 0) is 32.4 Å². The molecule has 0 aliphatic heterocycles. The molecule has 3 nitrogen and oxygen atoms in total. The molecule has 0 radical (unpaired) electrons. The summed E-state index contributed by atoms with van der Waals surface area (Å²) in [5.74, 6) is 0.729. The minimum Gasteiger partial charge on any atom is -0.490 e. The van der Waals surface area contributed by atoms with E-state index in [1.807, 2.05) is 62.4 Å². The van der Waals surface area contributed by atoms with Gasteiger partial charge >= 0.3 is 0 Å². The maximum atomic E-state index is 10.6. The number of hydrogen-bond acceptors (Lipinski definition) is 3. The van der Waals surface area contributed by atoms with Gasteiger partial charge in [0.2, 0.25) is 0 Å². The van der Waals surface area contributed by atoms with Gasteiger partial charge in [0, 0.05) is 11.6 Å². The lowest BCUT2D eigenvalue weighted by Crippen LogP contribution is -2.29. The van der Waals surface area contributed by atoms with E-state index >= 15 is 0 Å². The highest BCUT2D eigenvalue weighted by Gasteiger charge is 2.24. The van der Waals surface area contributed by atoms with Crippen LogP contribution in [0.4, 0.5) is 0 Å². The molecule has 0 aliphatic rings. The van der Waals surface area contributed by atoms with Crippen LogP contribution in [0.2, 0.25) is 0 Å². The van der Waals surface area contributed by atoms with Crippen molar-refractivity contribution in [2.75, 3.05) is 6.61 Å². The summed E-state index contributed by atoms with van der Waals surface area (Å²) in [4.78, 5) is 0. The van der Waals surface area contributed by atoms with Crippen molar-refractivity contribution in [2.45, 2.75) is 32.4 Å². The minimum atomic E-state index is -1.04. The first-order valence-corrected chi connectivity index (χ1v) is 7.17. The third kappa shape index (κ3) is 3.84. The van der Waals surface area contributed by atoms with Gasteiger partial charge in [-0.15, -0.1) is 0 Å².